The minimum atomic E-state index is -1.24. The number of aromatic nitrogens is 2. The van der Waals surface area contributed by atoms with E-state index >= 15 is 0 Å². The van der Waals surface area contributed by atoms with E-state index in [1.54, 1.807) is 17.7 Å². The van der Waals surface area contributed by atoms with Gasteiger partial charge in [0.05, 0.1) is 10.4 Å². The summed E-state index contributed by atoms with van der Waals surface area (Å²) in [6, 6.07) is -0.934. The summed E-state index contributed by atoms with van der Waals surface area (Å²) in [5.41, 5.74) is 7.58. The standard InChI is InChI=1S/C18H15ClN6O5S3/c1-30-24-10(8-5-32-18(20)22-8)14(26)23-11-15(27)25-12(17(28)29)7(4-31-16(11)25)2-3-9-13(19)21-6-33-9/h2-3,5-6,11,16H,4H2,1H3,(H2,20,22)(H,23,26)(H,28,29)/t11-,16-/m0/s1. The molecule has 0 bridgehead atoms. The van der Waals surface area contributed by atoms with Gasteiger partial charge in [-0.15, -0.1) is 34.4 Å². The van der Waals surface area contributed by atoms with Crippen molar-refractivity contribution in [3.63, 3.8) is 0 Å². The topological polar surface area (TPSA) is 160 Å². The van der Waals surface area contributed by atoms with Gasteiger partial charge in [0.2, 0.25) is 0 Å². The summed E-state index contributed by atoms with van der Waals surface area (Å²) in [4.78, 5) is 52.1. The Morgan fingerprint density at radius 2 is 2.21 bits per heavy atom. The molecule has 0 aliphatic carbocycles. The van der Waals surface area contributed by atoms with Crippen LogP contribution in [0, 0.1) is 0 Å². The second-order valence-corrected chi connectivity index (χ2v) is 9.81. The molecule has 2 amide bonds. The lowest BCUT2D eigenvalue weighted by molar-refractivity contribution is -0.150. The zero-order valence-corrected chi connectivity index (χ0v) is 19.9. The highest BCUT2D eigenvalue weighted by Crippen LogP contribution is 2.41. The molecule has 1 fully saturated rings. The van der Waals surface area contributed by atoms with Crippen molar-refractivity contribution in [1.82, 2.24) is 20.2 Å². The highest BCUT2D eigenvalue weighted by molar-refractivity contribution is 8.00. The number of carboxylic acid groups (broad SMARTS) is 1. The van der Waals surface area contributed by atoms with Crippen molar-refractivity contribution in [2.45, 2.75) is 11.4 Å². The second kappa shape index (κ2) is 9.51. The molecule has 2 atom stereocenters. The van der Waals surface area contributed by atoms with E-state index in [1.165, 1.54) is 40.5 Å². The minimum Gasteiger partial charge on any atom is -0.477 e. The van der Waals surface area contributed by atoms with Crippen LogP contribution < -0.4 is 11.1 Å². The number of β-lactam (4-membered cyclic amide) rings is 1. The third kappa shape index (κ3) is 4.46. The average molecular weight is 527 g/mol. The summed E-state index contributed by atoms with van der Waals surface area (Å²) < 4.78 is 0. The Bertz CT molecular complexity index is 1220. The molecule has 11 nitrogen and oxygen atoms in total. The lowest BCUT2D eigenvalue weighted by atomic mass is 10.0. The molecule has 4 N–H and O–H groups in total. The average Bonchev–Trinajstić information content (AvgIpc) is 3.40. The van der Waals surface area contributed by atoms with Crippen molar-refractivity contribution in [3.8, 4) is 0 Å². The number of halogens is 1. The number of carbonyl (C=O) groups excluding carboxylic acids is 2. The number of fused-ring (bicyclic) bond motifs is 1. The number of carbonyl (C=O) groups is 3. The number of nitrogens with one attached hydrogen (secondary N) is 1. The predicted molar refractivity (Wildman–Crippen MR) is 126 cm³/mol. The van der Waals surface area contributed by atoms with Crippen LogP contribution in [0.2, 0.25) is 5.15 Å². The fourth-order valence-electron chi connectivity index (χ4n) is 3.20. The molecule has 172 valence electrons. The maximum Gasteiger partial charge on any atom is 0.352 e. The van der Waals surface area contributed by atoms with Crippen LogP contribution in [-0.2, 0) is 19.2 Å². The summed E-state index contributed by atoms with van der Waals surface area (Å²) >= 11 is 9.74. The molecule has 2 aromatic heterocycles. The van der Waals surface area contributed by atoms with Gasteiger partial charge in [0.25, 0.3) is 11.8 Å². The number of nitrogens with zero attached hydrogens (tertiary/aromatic N) is 4. The Balaban J connectivity index is 1.54. The van der Waals surface area contributed by atoms with E-state index < -0.39 is 29.2 Å². The smallest absolute Gasteiger partial charge is 0.352 e. The van der Waals surface area contributed by atoms with Crippen LogP contribution in [-0.4, -0.2) is 67.7 Å². The first-order valence-electron chi connectivity index (χ1n) is 9.13. The molecule has 0 saturated carbocycles. The van der Waals surface area contributed by atoms with Gasteiger partial charge in [-0.3, -0.25) is 14.5 Å². The van der Waals surface area contributed by atoms with E-state index in [1.807, 2.05) is 0 Å². The van der Waals surface area contributed by atoms with Gasteiger partial charge < -0.3 is 21.0 Å². The molecule has 2 aliphatic heterocycles. The van der Waals surface area contributed by atoms with Gasteiger partial charge in [0.1, 0.15) is 35.1 Å². The zero-order valence-electron chi connectivity index (χ0n) is 16.7. The fraction of sp³-hybridized carbons (Fsp3) is 0.222. The van der Waals surface area contributed by atoms with Gasteiger partial charge in [0, 0.05) is 11.1 Å². The first-order chi connectivity index (χ1) is 15.8. The summed E-state index contributed by atoms with van der Waals surface area (Å²) in [5.74, 6) is -2.16. The summed E-state index contributed by atoms with van der Waals surface area (Å²) in [6.07, 6.45) is 3.27. The van der Waals surface area contributed by atoms with Gasteiger partial charge in [-0.05, 0) is 11.6 Å². The van der Waals surface area contributed by atoms with Gasteiger partial charge in [0.15, 0.2) is 10.8 Å². The number of thiazole rings is 2. The maximum absolute atomic E-state index is 12.8. The van der Waals surface area contributed by atoms with Crippen molar-refractivity contribution in [2.24, 2.45) is 5.16 Å². The summed E-state index contributed by atoms with van der Waals surface area (Å²) in [7, 11) is 1.27. The molecule has 15 heteroatoms. The molecule has 0 radical (unpaired) electrons. The number of nitrogens with two attached hydrogens (primary N) is 1. The molecule has 4 heterocycles. The molecule has 2 aromatic rings. The van der Waals surface area contributed by atoms with Crippen LogP contribution in [0.4, 0.5) is 5.13 Å². The van der Waals surface area contributed by atoms with Gasteiger partial charge in [-0.25, -0.2) is 14.8 Å². The van der Waals surface area contributed by atoms with Crippen LogP contribution in [0.1, 0.15) is 10.6 Å². The van der Waals surface area contributed by atoms with Crippen molar-refractivity contribution < 1.29 is 24.3 Å². The monoisotopic (exact) mass is 526 g/mol. The predicted octanol–water partition coefficient (Wildman–Crippen LogP) is 1.64. The second-order valence-electron chi connectivity index (χ2n) is 6.57. The van der Waals surface area contributed by atoms with E-state index in [0.717, 1.165) is 11.3 Å². The number of oxime groups is 1. The van der Waals surface area contributed by atoms with Crippen molar-refractivity contribution in [2.75, 3.05) is 18.6 Å². The first kappa shape index (κ1) is 23.2. The molecule has 1 saturated heterocycles. The van der Waals surface area contributed by atoms with Crippen molar-refractivity contribution in [3.05, 3.63) is 44.0 Å². The van der Waals surface area contributed by atoms with Crippen LogP contribution in [0.5, 0.6) is 0 Å². The molecule has 0 spiro atoms. The summed E-state index contributed by atoms with van der Waals surface area (Å²) in [6.45, 7) is 0. The molecule has 4 rings (SSSR count). The molecule has 0 aromatic carbocycles. The molecular formula is C18H15ClN6O5S3. The third-order valence-electron chi connectivity index (χ3n) is 4.63. The number of hydrogen-bond donors (Lipinski definition) is 3. The number of hydrogen-bond acceptors (Lipinski definition) is 11. The number of amides is 2. The largest absolute Gasteiger partial charge is 0.477 e. The highest BCUT2D eigenvalue weighted by atomic mass is 35.5. The Hall–Kier alpha value is -2.94. The van der Waals surface area contributed by atoms with Gasteiger partial charge in [-0.1, -0.05) is 22.8 Å². The normalized spacial score (nSPS) is 20.6. The number of aliphatic carboxylic acids is 1. The first-order valence-corrected chi connectivity index (χ1v) is 12.3. The minimum absolute atomic E-state index is 0.135. The van der Waals surface area contributed by atoms with Crippen molar-refractivity contribution >= 4 is 80.7 Å². The Labute approximate surface area is 204 Å². The third-order valence-corrected chi connectivity index (χ3v) is 7.82. The van der Waals surface area contributed by atoms with E-state index in [0.29, 0.717) is 21.4 Å². The number of nitrogen functional groups attached to an aromatic ring is 1. The van der Waals surface area contributed by atoms with Gasteiger partial charge in [-0.2, -0.15) is 0 Å². The number of anilines is 1. The number of thioether (sulfide) groups is 1. The lowest BCUT2D eigenvalue weighted by Crippen LogP contribution is -2.71. The van der Waals surface area contributed by atoms with E-state index in [9.17, 15) is 19.5 Å². The van der Waals surface area contributed by atoms with E-state index in [4.69, 9.17) is 22.2 Å². The quantitative estimate of drug-likeness (QED) is 0.277. The number of carboxylic acids is 1. The van der Waals surface area contributed by atoms with E-state index in [2.05, 4.69) is 20.4 Å². The van der Waals surface area contributed by atoms with Crippen LogP contribution in [0.25, 0.3) is 6.08 Å². The lowest BCUT2D eigenvalue weighted by Gasteiger charge is -2.49. The fourth-order valence-corrected chi connectivity index (χ4v) is 5.94. The molecule has 2 aliphatic rings. The Kier molecular flexibility index (Phi) is 6.69. The van der Waals surface area contributed by atoms with Crippen LogP contribution in [0.15, 0.2) is 33.4 Å². The number of allylic oxidation sites excluding steroid dienone is 1. The number of rotatable bonds is 7. The Morgan fingerprint density at radius 1 is 1.42 bits per heavy atom. The van der Waals surface area contributed by atoms with Crippen LogP contribution in [0.3, 0.4) is 0 Å². The maximum atomic E-state index is 12.8. The Morgan fingerprint density at radius 3 is 2.82 bits per heavy atom. The SMILES string of the molecule is CON=C(C(=O)N[C@H]1C(=O)N2C(C(=O)O)=C(C=Cc3scnc3Cl)CS[C@@H]12)c1csc(N)n1. The molecule has 33 heavy (non-hydrogen) atoms. The van der Waals surface area contributed by atoms with Crippen molar-refractivity contribution in [1.29, 1.82) is 0 Å². The van der Waals surface area contributed by atoms with Gasteiger partial charge >= 0.3 is 5.97 Å². The van der Waals surface area contributed by atoms with E-state index in [-0.39, 0.29) is 22.2 Å². The van der Waals surface area contributed by atoms with Crippen LogP contribution >= 0.6 is 46.0 Å². The highest BCUT2D eigenvalue weighted by Gasteiger charge is 2.54. The summed E-state index contributed by atoms with van der Waals surface area (Å²) in [5, 5.41) is 17.6. The zero-order chi connectivity index (χ0) is 23.7. The molecule has 0 unspecified atom stereocenters. The molecular weight excluding hydrogens is 512 g/mol.